The number of hydrogen-bond donors (Lipinski definition) is 2. The zero-order chi connectivity index (χ0) is 23.9. The summed E-state index contributed by atoms with van der Waals surface area (Å²) in [4.78, 5) is 29.7. The minimum Gasteiger partial charge on any atom is -0.494 e. The van der Waals surface area contributed by atoms with Crippen LogP contribution in [-0.2, 0) is 6.54 Å². The van der Waals surface area contributed by atoms with E-state index in [0.29, 0.717) is 34.7 Å². The number of thiophene rings is 1. The largest absolute Gasteiger partial charge is 0.494 e. The highest BCUT2D eigenvalue weighted by Gasteiger charge is 2.16. The van der Waals surface area contributed by atoms with Gasteiger partial charge in [0.25, 0.3) is 11.8 Å². The molecule has 0 spiro atoms. The monoisotopic (exact) mass is 477 g/mol. The summed E-state index contributed by atoms with van der Waals surface area (Å²) in [7, 11) is 0. The van der Waals surface area contributed by atoms with Crippen molar-refractivity contribution < 1.29 is 23.5 Å². The second-order valence-electron chi connectivity index (χ2n) is 7.25. The number of carbonyl (C=O) groups is 2. The zero-order valence-corrected chi connectivity index (χ0v) is 19.5. The van der Waals surface area contributed by atoms with Crippen LogP contribution in [0.25, 0.3) is 0 Å². The molecule has 0 aliphatic heterocycles. The molecule has 0 saturated carbocycles. The molecule has 0 radical (unpaired) electrons. The first-order chi connectivity index (χ1) is 16.5. The fraction of sp³-hybridized carbons (Fsp3) is 0.160. The minimum absolute atomic E-state index is 0.206. The van der Waals surface area contributed by atoms with Crippen molar-refractivity contribution in [2.45, 2.75) is 20.4 Å². The molecule has 2 N–H and O–H groups in total. The number of aromatic nitrogens is 1. The Kier molecular flexibility index (Phi) is 7.24. The number of nitrogens with one attached hydrogen (secondary N) is 2. The number of amides is 2. The van der Waals surface area contributed by atoms with Crippen LogP contribution in [0.1, 0.15) is 38.3 Å². The van der Waals surface area contributed by atoms with Gasteiger partial charge in [-0.05, 0) is 73.5 Å². The SMILES string of the molecule is CCOc1ccc(Oc2cc(CNC(=O)c3sc(NC(=O)c4ccco4)cc3C)ccn2)cc1. The van der Waals surface area contributed by atoms with Crippen LogP contribution in [0.5, 0.6) is 17.4 Å². The molecule has 8 nitrogen and oxygen atoms in total. The van der Waals surface area contributed by atoms with Crippen molar-refractivity contribution in [2.75, 3.05) is 11.9 Å². The molecule has 0 atom stereocenters. The molecule has 9 heteroatoms. The van der Waals surface area contributed by atoms with E-state index in [9.17, 15) is 9.59 Å². The average molecular weight is 478 g/mol. The maximum atomic E-state index is 12.7. The molecule has 2 amide bonds. The normalized spacial score (nSPS) is 10.5. The Bertz CT molecular complexity index is 1270. The molecule has 3 heterocycles. The highest BCUT2D eigenvalue weighted by Crippen LogP contribution is 2.27. The zero-order valence-electron chi connectivity index (χ0n) is 18.7. The minimum atomic E-state index is -0.366. The summed E-state index contributed by atoms with van der Waals surface area (Å²) in [5.74, 6) is 1.44. The average Bonchev–Trinajstić information content (AvgIpc) is 3.49. The summed E-state index contributed by atoms with van der Waals surface area (Å²) in [5, 5.41) is 6.22. The molecule has 34 heavy (non-hydrogen) atoms. The van der Waals surface area contributed by atoms with Gasteiger partial charge in [0, 0.05) is 18.8 Å². The van der Waals surface area contributed by atoms with Gasteiger partial charge < -0.3 is 24.5 Å². The Morgan fingerprint density at radius 1 is 1.06 bits per heavy atom. The van der Waals surface area contributed by atoms with Gasteiger partial charge in [-0.15, -0.1) is 11.3 Å². The topological polar surface area (TPSA) is 103 Å². The number of pyridine rings is 1. The van der Waals surface area contributed by atoms with Crippen molar-refractivity contribution in [3.8, 4) is 17.4 Å². The fourth-order valence-corrected chi connectivity index (χ4v) is 4.10. The lowest BCUT2D eigenvalue weighted by atomic mass is 10.2. The predicted octanol–water partition coefficient (Wildman–Crippen LogP) is 5.42. The Morgan fingerprint density at radius 2 is 1.85 bits per heavy atom. The van der Waals surface area contributed by atoms with E-state index in [1.807, 2.05) is 44.2 Å². The highest BCUT2D eigenvalue weighted by molar-refractivity contribution is 7.18. The first kappa shape index (κ1) is 23.1. The van der Waals surface area contributed by atoms with E-state index in [-0.39, 0.29) is 17.6 Å². The summed E-state index contributed by atoms with van der Waals surface area (Å²) < 4.78 is 16.3. The standard InChI is InChI=1S/C25H23N3O5S/c1-3-31-18-6-8-19(9-7-18)33-21-14-17(10-11-26-21)15-27-25(30)23-16(2)13-22(34-23)28-24(29)20-5-4-12-32-20/h4-14H,3,15H2,1-2H3,(H,27,30)(H,28,29). The van der Waals surface area contributed by atoms with E-state index in [0.717, 1.165) is 16.9 Å². The van der Waals surface area contributed by atoms with Gasteiger partial charge >= 0.3 is 0 Å². The van der Waals surface area contributed by atoms with Crippen molar-refractivity contribution in [3.05, 3.63) is 88.8 Å². The molecule has 0 aliphatic rings. The quantitative estimate of drug-likeness (QED) is 0.334. The van der Waals surface area contributed by atoms with Gasteiger partial charge in [-0.1, -0.05) is 0 Å². The van der Waals surface area contributed by atoms with Gasteiger partial charge in [0.1, 0.15) is 11.5 Å². The van der Waals surface area contributed by atoms with Crippen molar-refractivity contribution in [1.29, 1.82) is 0 Å². The lowest BCUT2D eigenvalue weighted by Gasteiger charge is -2.09. The third-order valence-corrected chi connectivity index (χ3v) is 5.87. The van der Waals surface area contributed by atoms with Crippen molar-refractivity contribution in [3.63, 3.8) is 0 Å². The number of hydrogen-bond acceptors (Lipinski definition) is 7. The van der Waals surface area contributed by atoms with Crippen LogP contribution in [-0.4, -0.2) is 23.4 Å². The molecular weight excluding hydrogens is 454 g/mol. The number of carbonyl (C=O) groups excluding carboxylic acids is 2. The molecule has 1 aromatic carbocycles. The highest BCUT2D eigenvalue weighted by atomic mass is 32.1. The van der Waals surface area contributed by atoms with Crippen LogP contribution in [0.3, 0.4) is 0 Å². The molecule has 0 bridgehead atoms. The Morgan fingerprint density at radius 3 is 2.59 bits per heavy atom. The molecular formula is C25H23N3O5S. The first-order valence-electron chi connectivity index (χ1n) is 10.6. The Balaban J connectivity index is 1.35. The molecule has 0 aliphatic carbocycles. The number of anilines is 1. The third-order valence-electron chi connectivity index (χ3n) is 4.72. The van der Waals surface area contributed by atoms with Gasteiger partial charge in [-0.25, -0.2) is 4.98 Å². The summed E-state index contributed by atoms with van der Waals surface area (Å²) in [6.07, 6.45) is 3.06. The molecule has 0 fully saturated rings. The summed E-state index contributed by atoms with van der Waals surface area (Å²) >= 11 is 1.20. The van der Waals surface area contributed by atoms with Gasteiger partial charge in [-0.2, -0.15) is 0 Å². The molecule has 174 valence electrons. The van der Waals surface area contributed by atoms with E-state index >= 15 is 0 Å². The maximum absolute atomic E-state index is 12.7. The summed E-state index contributed by atoms with van der Waals surface area (Å²) in [5.41, 5.74) is 1.61. The van der Waals surface area contributed by atoms with Gasteiger partial charge in [0.05, 0.1) is 22.7 Å². The Labute approximate surface area is 200 Å². The second-order valence-corrected chi connectivity index (χ2v) is 8.30. The number of benzene rings is 1. The van der Waals surface area contributed by atoms with Gasteiger partial charge in [0.2, 0.25) is 5.88 Å². The van der Waals surface area contributed by atoms with E-state index < -0.39 is 0 Å². The molecule has 3 aromatic heterocycles. The number of aryl methyl sites for hydroxylation is 1. The first-order valence-corrected chi connectivity index (χ1v) is 11.4. The number of furan rings is 1. The van der Waals surface area contributed by atoms with Gasteiger partial charge in [-0.3, -0.25) is 9.59 Å². The lowest BCUT2D eigenvalue weighted by Crippen LogP contribution is -2.22. The van der Waals surface area contributed by atoms with Crippen LogP contribution in [0, 0.1) is 6.92 Å². The van der Waals surface area contributed by atoms with Crippen molar-refractivity contribution in [2.24, 2.45) is 0 Å². The van der Waals surface area contributed by atoms with E-state index in [2.05, 4.69) is 15.6 Å². The smallest absolute Gasteiger partial charge is 0.291 e. The maximum Gasteiger partial charge on any atom is 0.291 e. The van der Waals surface area contributed by atoms with Crippen LogP contribution in [0.15, 0.2) is 71.5 Å². The van der Waals surface area contributed by atoms with Crippen LogP contribution < -0.4 is 20.1 Å². The molecule has 0 unspecified atom stereocenters. The number of nitrogens with zero attached hydrogens (tertiary/aromatic N) is 1. The van der Waals surface area contributed by atoms with Crippen LogP contribution in [0.4, 0.5) is 5.00 Å². The molecule has 4 rings (SSSR count). The fourth-order valence-electron chi connectivity index (χ4n) is 3.12. The second kappa shape index (κ2) is 10.7. The Hall–Kier alpha value is -4.11. The lowest BCUT2D eigenvalue weighted by molar-refractivity contribution is 0.0953. The predicted molar refractivity (Wildman–Crippen MR) is 129 cm³/mol. The van der Waals surface area contributed by atoms with Crippen molar-refractivity contribution in [1.82, 2.24) is 10.3 Å². The van der Waals surface area contributed by atoms with Crippen LogP contribution in [0.2, 0.25) is 0 Å². The number of ether oxygens (including phenoxy) is 2. The van der Waals surface area contributed by atoms with E-state index in [1.54, 1.807) is 30.5 Å². The van der Waals surface area contributed by atoms with Crippen molar-refractivity contribution >= 4 is 28.2 Å². The number of rotatable bonds is 9. The molecule has 0 saturated heterocycles. The molecule has 4 aromatic rings. The third kappa shape index (κ3) is 5.81. The van der Waals surface area contributed by atoms with E-state index in [1.165, 1.54) is 17.6 Å². The summed E-state index contributed by atoms with van der Waals surface area (Å²) in [6.45, 7) is 4.65. The summed E-state index contributed by atoms with van der Waals surface area (Å²) in [6, 6.07) is 15.8. The van der Waals surface area contributed by atoms with Gasteiger partial charge in [0.15, 0.2) is 5.76 Å². The van der Waals surface area contributed by atoms with Crippen LogP contribution >= 0.6 is 11.3 Å². The van der Waals surface area contributed by atoms with E-state index in [4.69, 9.17) is 13.9 Å².